The number of nitrogen functional groups attached to an aromatic ring is 1. The van der Waals surface area contributed by atoms with Crippen molar-refractivity contribution in [2.45, 2.75) is 38.5 Å². The Morgan fingerprint density at radius 2 is 1.81 bits per heavy atom. The van der Waals surface area contributed by atoms with Crippen LogP contribution in [-0.2, 0) is 6.42 Å². The molecule has 112 valence electrons. The molecular weight excluding hydrogens is 274 g/mol. The molecule has 1 fully saturated rings. The highest BCUT2D eigenvalue weighted by atomic mass is 19.1. The number of hydrogen-bond donors (Lipinski definition) is 1. The summed E-state index contributed by atoms with van der Waals surface area (Å²) in [6, 6.07) is 3.35. The van der Waals surface area contributed by atoms with Crippen LogP contribution in [-0.4, -0.2) is 5.16 Å². The van der Waals surface area contributed by atoms with Crippen molar-refractivity contribution in [3.63, 3.8) is 0 Å². The van der Waals surface area contributed by atoms with Gasteiger partial charge in [-0.1, -0.05) is 30.8 Å². The Bertz CT molecular complexity index is 613. The molecule has 0 spiro atoms. The maximum Gasteiger partial charge on any atom is 0.175 e. The highest BCUT2D eigenvalue weighted by molar-refractivity contribution is 5.75. The van der Waals surface area contributed by atoms with Crippen molar-refractivity contribution in [2.75, 3.05) is 5.73 Å². The quantitative estimate of drug-likeness (QED) is 0.912. The largest absolute Gasteiger partial charge is 0.380 e. The smallest absolute Gasteiger partial charge is 0.175 e. The SMILES string of the molecule is Nc1noc(CCC2CCCC2)c1-c1cc(F)cc(F)c1. The Morgan fingerprint density at radius 1 is 1.14 bits per heavy atom. The monoisotopic (exact) mass is 292 g/mol. The van der Waals surface area contributed by atoms with Gasteiger partial charge in [0.15, 0.2) is 5.82 Å². The van der Waals surface area contributed by atoms with E-state index in [9.17, 15) is 8.78 Å². The summed E-state index contributed by atoms with van der Waals surface area (Å²) in [7, 11) is 0. The van der Waals surface area contributed by atoms with E-state index >= 15 is 0 Å². The van der Waals surface area contributed by atoms with Crippen LogP contribution < -0.4 is 5.73 Å². The number of nitrogens with zero attached hydrogens (tertiary/aromatic N) is 1. The number of rotatable bonds is 4. The lowest BCUT2D eigenvalue weighted by Gasteiger charge is -2.08. The van der Waals surface area contributed by atoms with E-state index in [1.807, 2.05) is 0 Å². The van der Waals surface area contributed by atoms with Gasteiger partial charge in [-0.2, -0.15) is 0 Å². The number of halogens is 2. The molecule has 1 aromatic heterocycles. The first-order valence-corrected chi connectivity index (χ1v) is 7.34. The summed E-state index contributed by atoms with van der Waals surface area (Å²) in [6.45, 7) is 0. The number of nitrogens with two attached hydrogens (primary N) is 1. The van der Waals surface area contributed by atoms with E-state index in [0.717, 1.165) is 12.5 Å². The van der Waals surface area contributed by atoms with E-state index in [-0.39, 0.29) is 5.82 Å². The average molecular weight is 292 g/mol. The second-order valence-electron chi connectivity index (χ2n) is 5.71. The molecule has 0 aliphatic heterocycles. The summed E-state index contributed by atoms with van der Waals surface area (Å²) in [5, 5.41) is 3.76. The van der Waals surface area contributed by atoms with Crippen molar-refractivity contribution in [2.24, 2.45) is 5.92 Å². The van der Waals surface area contributed by atoms with Crippen LogP contribution in [0.5, 0.6) is 0 Å². The Balaban J connectivity index is 1.85. The zero-order chi connectivity index (χ0) is 14.8. The van der Waals surface area contributed by atoms with Crippen LogP contribution in [0, 0.1) is 17.6 Å². The molecule has 0 amide bonds. The Kier molecular flexibility index (Phi) is 3.90. The molecule has 21 heavy (non-hydrogen) atoms. The first kappa shape index (κ1) is 14.0. The van der Waals surface area contributed by atoms with Crippen LogP contribution in [0.25, 0.3) is 11.1 Å². The van der Waals surface area contributed by atoms with E-state index in [2.05, 4.69) is 5.16 Å². The fourth-order valence-corrected chi connectivity index (χ4v) is 3.15. The lowest BCUT2D eigenvalue weighted by molar-refractivity contribution is 0.370. The molecule has 0 radical (unpaired) electrons. The van der Waals surface area contributed by atoms with Crippen molar-refractivity contribution in [1.29, 1.82) is 0 Å². The minimum Gasteiger partial charge on any atom is -0.380 e. The predicted octanol–water partition coefficient (Wildman–Crippen LogP) is 4.32. The van der Waals surface area contributed by atoms with Crippen LogP contribution in [0.15, 0.2) is 22.7 Å². The topological polar surface area (TPSA) is 52.0 Å². The Labute approximate surface area is 122 Å². The summed E-state index contributed by atoms with van der Waals surface area (Å²) >= 11 is 0. The third kappa shape index (κ3) is 3.06. The van der Waals surface area contributed by atoms with Crippen molar-refractivity contribution >= 4 is 5.82 Å². The fraction of sp³-hybridized carbons (Fsp3) is 0.438. The summed E-state index contributed by atoms with van der Waals surface area (Å²) in [5.41, 5.74) is 6.71. The van der Waals surface area contributed by atoms with Gasteiger partial charge in [0.1, 0.15) is 17.4 Å². The summed E-state index contributed by atoms with van der Waals surface area (Å²) < 4.78 is 32.0. The van der Waals surface area contributed by atoms with E-state index in [1.54, 1.807) is 0 Å². The van der Waals surface area contributed by atoms with E-state index < -0.39 is 11.6 Å². The van der Waals surface area contributed by atoms with Gasteiger partial charge in [0, 0.05) is 12.5 Å². The van der Waals surface area contributed by atoms with Gasteiger partial charge in [0.05, 0.1) is 5.56 Å². The second kappa shape index (κ2) is 5.84. The molecular formula is C16H18F2N2O. The maximum absolute atomic E-state index is 13.4. The van der Waals surface area contributed by atoms with Crippen molar-refractivity contribution in [3.05, 3.63) is 35.6 Å². The Morgan fingerprint density at radius 3 is 2.48 bits per heavy atom. The van der Waals surface area contributed by atoms with Crippen molar-refractivity contribution in [1.82, 2.24) is 5.16 Å². The molecule has 1 aliphatic carbocycles. The highest BCUT2D eigenvalue weighted by Gasteiger charge is 2.20. The number of anilines is 1. The van der Waals surface area contributed by atoms with Gasteiger partial charge in [-0.05, 0) is 30.0 Å². The minimum atomic E-state index is -0.632. The molecule has 1 aliphatic rings. The molecule has 0 unspecified atom stereocenters. The zero-order valence-corrected chi connectivity index (χ0v) is 11.7. The molecule has 0 atom stereocenters. The molecule has 1 aromatic carbocycles. The van der Waals surface area contributed by atoms with E-state index in [0.29, 0.717) is 29.2 Å². The predicted molar refractivity (Wildman–Crippen MR) is 76.5 cm³/mol. The standard InChI is InChI=1S/C16H18F2N2O/c17-12-7-11(8-13(18)9-12)15-14(21-20-16(15)19)6-5-10-3-1-2-4-10/h7-10H,1-6H2,(H2,19,20). The molecule has 0 saturated heterocycles. The average Bonchev–Trinajstić information content (AvgIpc) is 3.04. The van der Waals surface area contributed by atoms with Gasteiger partial charge >= 0.3 is 0 Å². The first-order valence-electron chi connectivity index (χ1n) is 7.34. The molecule has 1 saturated carbocycles. The second-order valence-corrected chi connectivity index (χ2v) is 5.71. The normalized spacial score (nSPS) is 15.7. The molecule has 2 N–H and O–H groups in total. The molecule has 3 nitrogen and oxygen atoms in total. The molecule has 2 aromatic rings. The molecule has 0 bridgehead atoms. The van der Waals surface area contributed by atoms with Crippen LogP contribution in [0.3, 0.4) is 0 Å². The van der Waals surface area contributed by atoms with Crippen LogP contribution in [0.4, 0.5) is 14.6 Å². The van der Waals surface area contributed by atoms with Crippen molar-refractivity contribution in [3.8, 4) is 11.1 Å². The van der Waals surface area contributed by atoms with E-state index in [1.165, 1.54) is 37.8 Å². The maximum atomic E-state index is 13.4. The van der Waals surface area contributed by atoms with Crippen LogP contribution in [0.1, 0.15) is 37.9 Å². The van der Waals surface area contributed by atoms with Crippen LogP contribution in [0.2, 0.25) is 0 Å². The third-order valence-electron chi connectivity index (χ3n) is 4.19. The van der Waals surface area contributed by atoms with Gasteiger partial charge in [0.25, 0.3) is 0 Å². The Hall–Kier alpha value is -1.91. The lowest BCUT2D eigenvalue weighted by atomic mass is 9.97. The van der Waals surface area contributed by atoms with Crippen LogP contribution >= 0.6 is 0 Å². The first-order chi connectivity index (χ1) is 10.1. The molecule has 3 rings (SSSR count). The number of aryl methyl sites for hydroxylation is 1. The number of hydrogen-bond acceptors (Lipinski definition) is 3. The molecule has 5 heteroatoms. The summed E-state index contributed by atoms with van der Waals surface area (Å²) in [4.78, 5) is 0. The highest BCUT2D eigenvalue weighted by Crippen LogP contribution is 2.34. The fourth-order valence-electron chi connectivity index (χ4n) is 3.15. The third-order valence-corrected chi connectivity index (χ3v) is 4.19. The van der Waals surface area contributed by atoms with Gasteiger partial charge in [-0.25, -0.2) is 8.78 Å². The zero-order valence-electron chi connectivity index (χ0n) is 11.7. The number of benzene rings is 1. The van der Waals surface area contributed by atoms with Gasteiger partial charge in [0.2, 0.25) is 0 Å². The lowest BCUT2D eigenvalue weighted by Crippen LogP contribution is -1.98. The molecule has 1 heterocycles. The summed E-state index contributed by atoms with van der Waals surface area (Å²) in [6.07, 6.45) is 6.75. The van der Waals surface area contributed by atoms with Crippen molar-refractivity contribution < 1.29 is 13.3 Å². The minimum absolute atomic E-state index is 0.182. The van der Waals surface area contributed by atoms with Gasteiger partial charge in [-0.15, -0.1) is 0 Å². The van der Waals surface area contributed by atoms with Gasteiger partial charge < -0.3 is 10.3 Å². The number of aromatic nitrogens is 1. The summed E-state index contributed by atoms with van der Waals surface area (Å²) in [5.74, 6) is 0.235. The van der Waals surface area contributed by atoms with E-state index in [4.69, 9.17) is 10.3 Å². The van der Waals surface area contributed by atoms with Gasteiger partial charge in [-0.3, -0.25) is 0 Å².